The summed E-state index contributed by atoms with van der Waals surface area (Å²) in [6.45, 7) is 1.60. The van der Waals surface area contributed by atoms with Crippen molar-refractivity contribution >= 4 is 27.0 Å². The van der Waals surface area contributed by atoms with Crippen LogP contribution in [0.4, 0.5) is 18.9 Å². The van der Waals surface area contributed by atoms with Gasteiger partial charge in [0.05, 0.1) is 16.1 Å². The first-order valence-electron chi connectivity index (χ1n) is 6.75. The fourth-order valence-electron chi connectivity index (χ4n) is 1.99. The van der Waals surface area contributed by atoms with Gasteiger partial charge in [-0.05, 0) is 36.6 Å². The van der Waals surface area contributed by atoms with E-state index in [9.17, 15) is 21.6 Å². The van der Waals surface area contributed by atoms with Gasteiger partial charge in [-0.25, -0.2) is 8.42 Å². The van der Waals surface area contributed by atoms with Crippen LogP contribution in [0.3, 0.4) is 0 Å². The molecule has 0 bridgehead atoms. The molecule has 0 atom stereocenters. The number of hydrogen-bond acceptors (Lipinski definition) is 6. The van der Waals surface area contributed by atoms with Gasteiger partial charge in [-0.15, -0.1) is 11.3 Å². The lowest BCUT2D eigenvalue weighted by molar-refractivity contribution is -0.137. The molecule has 0 fully saturated rings. The molecular formula is C14H10F3N3O3S2. The van der Waals surface area contributed by atoms with E-state index in [1.165, 1.54) is 6.07 Å². The molecule has 2 heterocycles. The summed E-state index contributed by atoms with van der Waals surface area (Å²) in [4.78, 5) is 3.88. The van der Waals surface area contributed by atoms with Crippen LogP contribution >= 0.6 is 11.3 Å². The molecule has 0 aliphatic rings. The Balaban J connectivity index is 1.95. The minimum Gasteiger partial charge on any atom is -0.333 e. The van der Waals surface area contributed by atoms with Gasteiger partial charge in [-0.2, -0.15) is 18.2 Å². The van der Waals surface area contributed by atoms with E-state index in [1.807, 2.05) is 0 Å². The number of thiophene rings is 1. The number of anilines is 1. The summed E-state index contributed by atoms with van der Waals surface area (Å²) in [6, 6.07) is 4.96. The van der Waals surface area contributed by atoms with E-state index in [0.29, 0.717) is 16.8 Å². The Bertz CT molecular complexity index is 1010. The number of hydrogen-bond donors (Lipinski definition) is 1. The maximum Gasteiger partial charge on any atom is 0.416 e. The zero-order valence-electron chi connectivity index (χ0n) is 12.5. The lowest BCUT2D eigenvalue weighted by atomic mass is 10.2. The van der Waals surface area contributed by atoms with Crippen LogP contribution in [0, 0.1) is 6.92 Å². The van der Waals surface area contributed by atoms with Crippen molar-refractivity contribution in [2.45, 2.75) is 18.0 Å². The maximum absolute atomic E-state index is 12.8. The first-order chi connectivity index (χ1) is 11.7. The normalized spacial score (nSPS) is 12.3. The third-order valence-electron chi connectivity index (χ3n) is 3.10. The fourth-order valence-corrected chi connectivity index (χ4v) is 3.94. The third-order valence-corrected chi connectivity index (χ3v) is 5.37. The molecular weight excluding hydrogens is 379 g/mol. The van der Waals surface area contributed by atoms with E-state index in [-0.39, 0.29) is 11.6 Å². The molecule has 1 N–H and O–H groups in total. The number of aromatic nitrogens is 2. The van der Waals surface area contributed by atoms with Crippen molar-refractivity contribution in [3.05, 3.63) is 47.1 Å². The van der Waals surface area contributed by atoms with Crippen LogP contribution in [0.1, 0.15) is 11.4 Å². The summed E-state index contributed by atoms with van der Waals surface area (Å²) in [5, 5.41) is 5.22. The molecule has 0 radical (unpaired) electrons. The molecule has 25 heavy (non-hydrogen) atoms. The van der Waals surface area contributed by atoms with Gasteiger partial charge in [0.2, 0.25) is 0 Å². The van der Waals surface area contributed by atoms with Crippen molar-refractivity contribution < 1.29 is 26.1 Å². The number of halogens is 3. The van der Waals surface area contributed by atoms with Gasteiger partial charge in [0.1, 0.15) is 4.88 Å². The van der Waals surface area contributed by atoms with Crippen molar-refractivity contribution in [3.8, 4) is 10.8 Å². The van der Waals surface area contributed by atoms with Crippen molar-refractivity contribution in [2.75, 3.05) is 4.72 Å². The number of benzene rings is 1. The second-order valence-corrected chi connectivity index (χ2v) is 7.54. The Morgan fingerprint density at radius 3 is 2.64 bits per heavy atom. The van der Waals surface area contributed by atoms with Crippen LogP contribution in [-0.2, 0) is 16.2 Å². The molecule has 0 aliphatic carbocycles. The van der Waals surface area contributed by atoms with E-state index in [4.69, 9.17) is 4.52 Å². The highest BCUT2D eigenvalue weighted by Crippen LogP contribution is 2.35. The number of sulfonamides is 1. The average molecular weight is 389 g/mol. The lowest BCUT2D eigenvalue weighted by Crippen LogP contribution is -2.14. The van der Waals surface area contributed by atoms with Gasteiger partial charge in [-0.3, -0.25) is 4.72 Å². The van der Waals surface area contributed by atoms with Crippen molar-refractivity contribution in [3.63, 3.8) is 0 Å². The van der Waals surface area contributed by atoms with Crippen LogP contribution in [0.5, 0.6) is 0 Å². The molecule has 2 aromatic heterocycles. The van der Waals surface area contributed by atoms with E-state index in [0.717, 1.165) is 29.5 Å². The number of rotatable bonds is 4. The van der Waals surface area contributed by atoms with Gasteiger partial charge >= 0.3 is 6.18 Å². The zero-order chi connectivity index (χ0) is 18.2. The highest BCUT2D eigenvalue weighted by Gasteiger charge is 2.32. The fraction of sp³-hybridized carbons (Fsp3) is 0.143. The molecule has 3 rings (SSSR count). The van der Waals surface area contributed by atoms with Gasteiger partial charge in [-0.1, -0.05) is 11.2 Å². The van der Waals surface area contributed by atoms with E-state index in [1.54, 1.807) is 12.3 Å². The van der Waals surface area contributed by atoms with Gasteiger partial charge in [0, 0.05) is 0 Å². The van der Waals surface area contributed by atoms with Crippen molar-refractivity contribution in [1.82, 2.24) is 10.1 Å². The molecule has 1 aromatic carbocycles. The molecule has 0 amide bonds. The summed E-state index contributed by atoms with van der Waals surface area (Å²) >= 11 is 1.16. The van der Waals surface area contributed by atoms with E-state index >= 15 is 0 Å². The highest BCUT2D eigenvalue weighted by atomic mass is 32.2. The summed E-state index contributed by atoms with van der Waals surface area (Å²) in [6.07, 6.45) is -4.64. The first-order valence-corrected chi connectivity index (χ1v) is 9.11. The molecule has 11 heteroatoms. The molecule has 6 nitrogen and oxygen atoms in total. The standard InChI is InChI=1S/C14H10F3N3O3S2/c1-8-18-13(23-19-8)12-11(5-6-24-12)20-25(21,22)10-4-2-3-9(7-10)14(15,16)17/h2-7,20H,1H3. The predicted molar refractivity (Wildman–Crippen MR) is 84.6 cm³/mol. The number of aryl methyl sites for hydroxylation is 1. The second-order valence-electron chi connectivity index (χ2n) is 4.94. The highest BCUT2D eigenvalue weighted by molar-refractivity contribution is 7.92. The third kappa shape index (κ3) is 3.66. The smallest absolute Gasteiger partial charge is 0.333 e. The Morgan fingerprint density at radius 2 is 2.00 bits per heavy atom. The van der Waals surface area contributed by atoms with Crippen LogP contribution in [0.2, 0.25) is 0 Å². The molecule has 0 saturated heterocycles. The number of nitrogens with zero attached hydrogens (tertiary/aromatic N) is 2. The first kappa shape index (κ1) is 17.4. The minimum absolute atomic E-state index is 0.120. The summed E-state index contributed by atoms with van der Waals surface area (Å²) in [5.74, 6) is 0.490. The Hall–Kier alpha value is -2.40. The van der Waals surface area contributed by atoms with Crippen molar-refractivity contribution in [2.24, 2.45) is 0 Å². The largest absolute Gasteiger partial charge is 0.416 e. The number of alkyl halides is 3. The predicted octanol–water partition coefficient (Wildman–Crippen LogP) is 3.93. The molecule has 132 valence electrons. The lowest BCUT2D eigenvalue weighted by Gasteiger charge is -2.11. The summed E-state index contributed by atoms with van der Waals surface area (Å²) < 4.78 is 70.5. The monoisotopic (exact) mass is 389 g/mol. The van der Waals surface area contributed by atoms with E-state index < -0.39 is 26.7 Å². The molecule has 3 aromatic rings. The van der Waals surface area contributed by atoms with Crippen molar-refractivity contribution in [1.29, 1.82) is 0 Å². The van der Waals surface area contributed by atoms with E-state index in [2.05, 4.69) is 14.9 Å². The SMILES string of the molecule is Cc1noc(-c2sccc2NS(=O)(=O)c2cccc(C(F)(F)F)c2)n1. The van der Waals surface area contributed by atoms with Gasteiger partial charge in [0.25, 0.3) is 15.9 Å². The quantitative estimate of drug-likeness (QED) is 0.731. The van der Waals surface area contributed by atoms with Crippen LogP contribution in [0.25, 0.3) is 10.8 Å². The van der Waals surface area contributed by atoms with Crippen LogP contribution < -0.4 is 4.72 Å². The Morgan fingerprint density at radius 1 is 1.24 bits per heavy atom. The summed E-state index contributed by atoms with van der Waals surface area (Å²) in [7, 11) is -4.22. The average Bonchev–Trinajstić information content (AvgIpc) is 3.15. The topological polar surface area (TPSA) is 85.1 Å². The maximum atomic E-state index is 12.8. The second kappa shape index (κ2) is 6.15. The van der Waals surface area contributed by atoms with Crippen LogP contribution in [0.15, 0.2) is 45.1 Å². The molecule has 0 spiro atoms. The zero-order valence-corrected chi connectivity index (χ0v) is 14.2. The van der Waals surface area contributed by atoms with Gasteiger partial charge in [0.15, 0.2) is 5.82 Å². The molecule has 0 saturated carbocycles. The number of nitrogens with one attached hydrogen (secondary N) is 1. The Labute approximate surface area is 144 Å². The summed E-state index contributed by atoms with van der Waals surface area (Å²) in [5.41, 5.74) is -0.903. The van der Waals surface area contributed by atoms with Crippen LogP contribution in [-0.4, -0.2) is 18.6 Å². The molecule has 0 unspecified atom stereocenters. The van der Waals surface area contributed by atoms with Gasteiger partial charge < -0.3 is 4.52 Å². The molecule has 0 aliphatic heterocycles. The Kier molecular flexibility index (Phi) is 4.29. The minimum atomic E-state index is -4.64.